The number of hydrogen-bond acceptors (Lipinski definition) is 2. The quantitative estimate of drug-likeness (QED) is 0.311. The van der Waals surface area contributed by atoms with Crippen molar-refractivity contribution in [3.8, 4) is 34.0 Å². The number of H-pyrrole nitrogens is 2. The second-order valence-corrected chi connectivity index (χ2v) is 7.77. The van der Waals surface area contributed by atoms with Gasteiger partial charge in [-0.3, -0.25) is 0 Å². The minimum Gasteiger partial charge on any atom is -0.338 e. The molecule has 29 heavy (non-hydrogen) atoms. The SMILES string of the molecule is Clc1ccc2nc(-c3ccc(-c4nc(-c5ccccc5Cl)[nH]c4Cl)cc3)[nH]c2c1. The van der Waals surface area contributed by atoms with Gasteiger partial charge in [0, 0.05) is 21.7 Å². The Kier molecular flexibility index (Phi) is 4.55. The second-order valence-electron chi connectivity index (χ2n) is 6.55. The molecule has 0 aliphatic carbocycles. The second kappa shape index (κ2) is 7.23. The van der Waals surface area contributed by atoms with Crippen LogP contribution < -0.4 is 0 Å². The van der Waals surface area contributed by atoms with Crippen LogP contribution in [0.2, 0.25) is 15.2 Å². The van der Waals surface area contributed by atoms with Crippen molar-refractivity contribution < 1.29 is 0 Å². The molecule has 0 saturated heterocycles. The number of aromatic amines is 2. The zero-order valence-electron chi connectivity index (χ0n) is 14.9. The van der Waals surface area contributed by atoms with Crippen molar-refractivity contribution in [2.45, 2.75) is 0 Å². The molecule has 0 unspecified atom stereocenters. The molecule has 4 nitrogen and oxygen atoms in total. The molecule has 3 aromatic carbocycles. The van der Waals surface area contributed by atoms with Gasteiger partial charge in [-0.05, 0) is 30.3 Å². The van der Waals surface area contributed by atoms with Gasteiger partial charge in [0.1, 0.15) is 22.5 Å². The summed E-state index contributed by atoms with van der Waals surface area (Å²) in [7, 11) is 0. The molecule has 0 saturated carbocycles. The Hall–Kier alpha value is -2.79. The molecule has 2 aromatic heterocycles. The van der Waals surface area contributed by atoms with Crippen molar-refractivity contribution in [3.63, 3.8) is 0 Å². The Morgan fingerprint density at radius 2 is 1.45 bits per heavy atom. The molecule has 142 valence electrons. The van der Waals surface area contributed by atoms with E-state index in [1.807, 2.05) is 66.7 Å². The zero-order valence-corrected chi connectivity index (χ0v) is 17.1. The molecule has 2 heterocycles. The smallest absolute Gasteiger partial charge is 0.140 e. The zero-order chi connectivity index (χ0) is 20.0. The number of fused-ring (bicyclic) bond motifs is 1. The van der Waals surface area contributed by atoms with Crippen molar-refractivity contribution in [1.82, 2.24) is 19.9 Å². The average Bonchev–Trinajstić information content (AvgIpc) is 3.31. The van der Waals surface area contributed by atoms with Crippen LogP contribution in [0.5, 0.6) is 0 Å². The van der Waals surface area contributed by atoms with Crippen LogP contribution >= 0.6 is 34.8 Å². The van der Waals surface area contributed by atoms with E-state index in [1.54, 1.807) is 0 Å². The highest BCUT2D eigenvalue weighted by atomic mass is 35.5. The third-order valence-corrected chi connectivity index (χ3v) is 5.50. The van der Waals surface area contributed by atoms with Gasteiger partial charge in [0.15, 0.2) is 0 Å². The molecule has 5 aromatic rings. The van der Waals surface area contributed by atoms with E-state index in [-0.39, 0.29) is 0 Å². The van der Waals surface area contributed by atoms with Crippen LogP contribution in [-0.4, -0.2) is 19.9 Å². The maximum atomic E-state index is 6.41. The van der Waals surface area contributed by atoms with Gasteiger partial charge >= 0.3 is 0 Å². The maximum Gasteiger partial charge on any atom is 0.140 e. The fraction of sp³-hybridized carbons (Fsp3) is 0. The van der Waals surface area contributed by atoms with Crippen molar-refractivity contribution in [1.29, 1.82) is 0 Å². The predicted octanol–water partition coefficient (Wildman–Crippen LogP) is 7.25. The summed E-state index contributed by atoms with van der Waals surface area (Å²) in [6.45, 7) is 0. The van der Waals surface area contributed by atoms with Crippen LogP contribution in [-0.2, 0) is 0 Å². The molecule has 0 spiro atoms. The molecule has 0 aliphatic heterocycles. The number of imidazole rings is 2. The van der Waals surface area contributed by atoms with Gasteiger partial charge in [0.2, 0.25) is 0 Å². The predicted molar refractivity (Wildman–Crippen MR) is 120 cm³/mol. The molecule has 0 bridgehead atoms. The molecule has 0 fully saturated rings. The Balaban J connectivity index is 1.49. The lowest BCUT2D eigenvalue weighted by molar-refractivity contribution is 1.31. The Labute approximate surface area is 181 Å². The first-order valence-corrected chi connectivity index (χ1v) is 9.98. The van der Waals surface area contributed by atoms with Crippen LogP contribution in [0.15, 0.2) is 66.7 Å². The van der Waals surface area contributed by atoms with Crippen molar-refractivity contribution in [3.05, 3.63) is 81.9 Å². The number of hydrogen-bond donors (Lipinski definition) is 2. The number of nitrogens with one attached hydrogen (secondary N) is 2. The summed E-state index contributed by atoms with van der Waals surface area (Å²) in [6, 6.07) is 21.0. The lowest BCUT2D eigenvalue weighted by Crippen LogP contribution is -1.84. The van der Waals surface area contributed by atoms with E-state index in [2.05, 4.69) is 19.9 Å². The van der Waals surface area contributed by atoms with Crippen molar-refractivity contribution in [2.24, 2.45) is 0 Å². The first-order valence-electron chi connectivity index (χ1n) is 8.85. The highest BCUT2D eigenvalue weighted by molar-refractivity contribution is 6.34. The number of halogens is 3. The summed E-state index contributed by atoms with van der Waals surface area (Å²) in [5.74, 6) is 1.41. The molecular weight excluding hydrogens is 427 g/mol. The first kappa shape index (κ1) is 18.3. The summed E-state index contributed by atoms with van der Waals surface area (Å²) in [4.78, 5) is 15.7. The van der Waals surface area contributed by atoms with Gasteiger partial charge < -0.3 is 9.97 Å². The van der Waals surface area contributed by atoms with E-state index in [9.17, 15) is 0 Å². The normalized spacial score (nSPS) is 11.3. The largest absolute Gasteiger partial charge is 0.338 e. The van der Waals surface area contributed by atoms with Gasteiger partial charge in [-0.25, -0.2) is 9.97 Å². The van der Waals surface area contributed by atoms with E-state index >= 15 is 0 Å². The lowest BCUT2D eigenvalue weighted by atomic mass is 10.1. The molecule has 2 N–H and O–H groups in total. The van der Waals surface area contributed by atoms with Gasteiger partial charge in [0.05, 0.1) is 16.1 Å². The fourth-order valence-electron chi connectivity index (χ4n) is 3.23. The summed E-state index contributed by atoms with van der Waals surface area (Å²) in [5, 5.41) is 1.75. The number of nitrogens with zero attached hydrogens (tertiary/aromatic N) is 2. The Morgan fingerprint density at radius 1 is 0.690 bits per heavy atom. The molecule has 5 rings (SSSR count). The topological polar surface area (TPSA) is 57.4 Å². The van der Waals surface area contributed by atoms with Crippen molar-refractivity contribution in [2.75, 3.05) is 0 Å². The number of rotatable bonds is 3. The van der Waals surface area contributed by atoms with Crippen LogP contribution in [0.4, 0.5) is 0 Å². The van der Waals surface area contributed by atoms with Gasteiger partial charge in [-0.15, -0.1) is 0 Å². The molecule has 0 amide bonds. The molecular formula is C22H13Cl3N4. The van der Waals surface area contributed by atoms with E-state index in [0.717, 1.165) is 33.5 Å². The Bertz CT molecular complexity index is 1340. The third-order valence-electron chi connectivity index (χ3n) is 4.66. The van der Waals surface area contributed by atoms with Crippen molar-refractivity contribution >= 4 is 45.8 Å². The van der Waals surface area contributed by atoms with Crippen LogP contribution in [0.3, 0.4) is 0 Å². The van der Waals surface area contributed by atoms with Gasteiger partial charge in [0.25, 0.3) is 0 Å². The molecule has 0 aliphatic rings. The summed E-state index contributed by atoms with van der Waals surface area (Å²) in [6.07, 6.45) is 0. The first-order chi connectivity index (χ1) is 14.1. The summed E-state index contributed by atoms with van der Waals surface area (Å²) in [5.41, 5.74) is 5.10. The fourth-order valence-corrected chi connectivity index (χ4v) is 3.87. The Morgan fingerprint density at radius 3 is 2.24 bits per heavy atom. The maximum absolute atomic E-state index is 6.41. The van der Waals surface area contributed by atoms with E-state index in [1.165, 1.54) is 0 Å². The minimum atomic E-state index is 0.464. The highest BCUT2D eigenvalue weighted by Gasteiger charge is 2.14. The minimum absolute atomic E-state index is 0.464. The standard InChI is InChI=1S/C22H13Cl3N4/c23-14-9-10-17-18(11-14)27-21(26-17)13-7-5-12(6-8-13)19-20(25)29-22(28-19)15-3-1-2-4-16(15)24/h1-11H,(H,26,27)(H,28,29). The highest BCUT2D eigenvalue weighted by Crippen LogP contribution is 2.33. The molecule has 7 heteroatoms. The summed E-state index contributed by atoms with van der Waals surface area (Å²) < 4.78 is 0. The van der Waals surface area contributed by atoms with E-state index in [4.69, 9.17) is 34.8 Å². The third kappa shape index (κ3) is 3.40. The number of benzene rings is 3. The average molecular weight is 440 g/mol. The lowest BCUT2D eigenvalue weighted by Gasteiger charge is -2.01. The molecule has 0 atom stereocenters. The monoisotopic (exact) mass is 438 g/mol. The van der Waals surface area contributed by atoms with Gasteiger partial charge in [-0.1, -0.05) is 71.2 Å². The van der Waals surface area contributed by atoms with E-state index in [0.29, 0.717) is 26.7 Å². The van der Waals surface area contributed by atoms with Crippen LogP contribution in [0, 0.1) is 0 Å². The van der Waals surface area contributed by atoms with Crippen LogP contribution in [0.1, 0.15) is 0 Å². The van der Waals surface area contributed by atoms with Gasteiger partial charge in [-0.2, -0.15) is 0 Å². The summed E-state index contributed by atoms with van der Waals surface area (Å²) >= 11 is 18.7. The van der Waals surface area contributed by atoms with E-state index < -0.39 is 0 Å². The number of aromatic nitrogens is 4. The van der Waals surface area contributed by atoms with Crippen LogP contribution in [0.25, 0.3) is 45.1 Å². The molecule has 0 radical (unpaired) electrons.